The van der Waals surface area contributed by atoms with Gasteiger partial charge in [0.2, 0.25) is 11.8 Å². The third-order valence-electron chi connectivity index (χ3n) is 5.34. The molecule has 7 nitrogen and oxygen atoms in total. The maximum absolute atomic E-state index is 12.6. The number of hydrogen-bond donors (Lipinski definition) is 1. The number of alkyl halides is 2. The first-order valence-corrected chi connectivity index (χ1v) is 10.8. The molecule has 1 amide bonds. The fourth-order valence-electron chi connectivity index (χ4n) is 3.51. The number of nitrogens with zero attached hydrogens (tertiary/aromatic N) is 2. The fourth-order valence-corrected chi connectivity index (χ4v) is 3.51. The fraction of sp³-hybridized carbons (Fsp3) is 0.192. The SMILES string of the molecule is COc1ccc(CCNC(=O)c2ccc(-c3nnc(-c4ccccc4C)o3)cc2)cc1OC(F)F. The third-order valence-corrected chi connectivity index (χ3v) is 5.34. The van der Waals surface area contributed by atoms with Gasteiger partial charge in [0.1, 0.15) is 0 Å². The summed E-state index contributed by atoms with van der Waals surface area (Å²) in [6.45, 7) is -0.676. The van der Waals surface area contributed by atoms with Crippen LogP contribution in [0.4, 0.5) is 8.78 Å². The highest BCUT2D eigenvalue weighted by Gasteiger charge is 2.14. The van der Waals surface area contributed by atoms with E-state index in [1.807, 2.05) is 31.2 Å². The van der Waals surface area contributed by atoms with E-state index in [0.29, 0.717) is 35.9 Å². The Morgan fingerprint density at radius 1 is 1.00 bits per heavy atom. The Morgan fingerprint density at radius 3 is 2.46 bits per heavy atom. The molecule has 0 aliphatic heterocycles. The van der Waals surface area contributed by atoms with Gasteiger partial charge in [0.25, 0.3) is 5.91 Å². The van der Waals surface area contributed by atoms with Gasteiger partial charge in [-0.15, -0.1) is 10.2 Å². The Morgan fingerprint density at radius 2 is 1.74 bits per heavy atom. The summed E-state index contributed by atoms with van der Waals surface area (Å²) in [5.74, 6) is 0.691. The summed E-state index contributed by atoms with van der Waals surface area (Å²) in [5, 5.41) is 11.1. The van der Waals surface area contributed by atoms with Gasteiger partial charge in [0.05, 0.1) is 7.11 Å². The summed E-state index contributed by atoms with van der Waals surface area (Å²) in [7, 11) is 1.38. The predicted octanol–water partition coefficient (Wildman–Crippen LogP) is 5.29. The number of carbonyl (C=O) groups excluding carboxylic acids is 1. The molecule has 180 valence electrons. The first-order chi connectivity index (χ1) is 16.9. The number of ether oxygens (including phenoxy) is 2. The molecule has 1 heterocycles. The Labute approximate surface area is 200 Å². The normalized spacial score (nSPS) is 10.9. The number of benzene rings is 3. The first kappa shape index (κ1) is 23.9. The molecule has 0 aliphatic rings. The summed E-state index contributed by atoms with van der Waals surface area (Å²) in [5.41, 5.74) is 3.77. The van der Waals surface area contributed by atoms with Gasteiger partial charge >= 0.3 is 6.61 Å². The molecule has 0 bridgehead atoms. The summed E-state index contributed by atoms with van der Waals surface area (Å²) < 4.78 is 40.5. The molecule has 0 saturated heterocycles. The molecule has 0 spiro atoms. The van der Waals surface area contributed by atoms with Crippen LogP contribution in [0.3, 0.4) is 0 Å². The second kappa shape index (κ2) is 10.8. The Bertz CT molecular complexity index is 1310. The van der Waals surface area contributed by atoms with Crippen LogP contribution in [0.15, 0.2) is 71.1 Å². The van der Waals surface area contributed by atoms with Crippen LogP contribution in [-0.2, 0) is 6.42 Å². The molecule has 0 unspecified atom stereocenters. The van der Waals surface area contributed by atoms with Crippen molar-refractivity contribution in [2.24, 2.45) is 0 Å². The van der Waals surface area contributed by atoms with Gasteiger partial charge in [-0.2, -0.15) is 8.78 Å². The molecule has 0 saturated carbocycles. The average Bonchev–Trinajstić information content (AvgIpc) is 3.34. The Kier molecular flexibility index (Phi) is 7.35. The molecule has 1 aromatic heterocycles. The molecule has 1 N–H and O–H groups in total. The number of nitrogens with one attached hydrogen (secondary N) is 1. The van der Waals surface area contributed by atoms with E-state index in [0.717, 1.165) is 16.7 Å². The Balaban J connectivity index is 1.36. The average molecular weight is 479 g/mol. The molecule has 3 aromatic carbocycles. The van der Waals surface area contributed by atoms with Crippen LogP contribution in [0.1, 0.15) is 21.5 Å². The topological polar surface area (TPSA) is 86.5 Å². The second-order valence-corrected chi connectivity index (χ2v) is 7.67. The van der Waals surface area contributed by atoms with E-state index in [4.69, 9.17) is 9.15 Å². The third kappa shape index (κ3) is 5.81. The standard InChI is InChI=1S/C26H23F2N3O4/c1-16-5-3-4-6-20(16)25-31-30-24(35-25)19-10-8-18(9-11-19)23(32)29-14-13-17-7-12-21(33-2)22(15-17)34-26(27)28/h3-12,15,26H,13-14H2,1-2H3,(H,29,32). The number of aromatic nitrogens is 2. The molecular formula is C26H23F2N3O4. The smallest absolute Gasteiger partial charge is 0.387 e. The summed E-state index contributed by atoms with van der Waals surface area (Å²) in [4.78, 5) is 12.5. The van der Waals surface area contributed by atoms with Crippen LogP contribution in [0.2, 0.25) is 0 Å². The van der Waals surface area contributed by atoms with Gasteiger partial charge in [0.15, 0.2) is 11.5 Å². The molecule has 9 heteroatoms. The van der Waals surface area contributed by atoms with E-state index in [1.165, 1.54) is 13.2 Å². The number of halogens is 2. The molecule has 4 rings (SSSR count). The number of rotatable bonds is 9. The maximum Gasteiger partial charge on any atom is 0.387 e. The van der Waals surface area contributed by atoms with Crippen molar-refractivity contribution in [3.63, 3.8) is 0 Å². The zero-order chi connectivity index (χ0) is 24.8. The molecule has 0 radical (unpaired) electrons. The number of hydrogen-bond acceptors (Lipinski definition) is 6. The van der Waals surface area contributed by atoms with Crippen LogP contribution < -0.4 is 14.8 Å². The van der Waals surface area contributed by atoms with Crippen LogP contribution in [0, 0.1) is 6.92 Å². The highest BCUT2D eigenvalue weighted by molar-refractivity contribution is 5.94. The minimum absolute atomic E-state index is 0.0477. The highest BCUT2D eigenvalue weighted by atomic mass is 19.3. The van der Waals surface area contributed by atoms with E-state index in [9.17, 15) is 13.6 Å². The largest absolute Gasteiger partial charge is 0.493 e. The molecular weight excluding hydrogens is 456 g/mol. The van der Waals surface area contributed by atoms with Crippen LogP contribution in [0.25, 0.3) is 22.9 Å². The zero-order valence-corrected chi connectivity index (χ0v) is 19.1. The van der Waals surface area contributed by atoms with Gasteiger partial charge in [-0.3, -0.25) is 4.79 Å². The highest BCUT2D eigenvalue weighted by Crippen LogP contribution is 2.30. The van der Waals surface area contributed by atoms with Crippen molar-refractivity contribution in [2.75, 3.05) is 13.7 Å². The maximum atomic E-state index is 12.6. The van der Waals surface area contributed by atoms with Gasteiger partial charge in [-0.05, 0) is 66.9 Å². The first-order valence-electron chi connectivity index (χ1n) is 10.8. The van der Waals surface area contributed by atoms with E-state index < -0.39 is 6.61 Å². The van der Waals surface area contributed by atoms with Crippen molar-refractivity contribution in [3.8, 4) is 34.4 Å². The summed E-state index contributed by atoms with van der Waals surface area (Å²) >= 11 is 0. The molecule has 0 aliphatic carbocycles. The van der Waals surface area contributed by atoms with Gasteiger partial charge in [0, 0.05) is 23.2 Å². The predicted molar refractivity (Wildman–Crippen MR) is 126 cm³/mol. The monoisotopic (exact) mass is 479 g/mol. The minimum Gasteiger partial charge on any atom is -0.493 e. The molecule has 0 fully saturated rings. The van der Waals surface area contributed by atoms with Crippen LogP contribution in [-0.4, -0.2) is 36.4 Å². The number of amides is 1. The lowest BCUT2D eigenvalue weighted by Gasteiger charge is -2.12. The Hall–Kier alpha value is -4.27. The number of aryl methyl sites for hydroxylation is 1. The molecule has 35 heavy (non-hydrogen) atoms. The number of methoxy groups -OCH3 is 1. The van der Waals surface area contributed by atoms with Crippen molar-refractivity contribution in [1.82, 2.24) is 15.5 Å². The summed E-state index contributed by atoms with van der Waals surface area (Å²) in [6, 6.07) is 19.3. The minimum atomic E-state index is -2.96. The van der Waals surface area contributed by atoms with Crippen molar-refractivity contribution in [3.05, 3.63) is 83.4 Å². The van der Waals surface area contributed by atoms with E-state index in [1.54, 1.807) is 36.4 Å². The van der Waals surface area contributed by atoms with Crippen molar-refractivity contribution in [2.45, 2.75) is 20.0 Å². The van der Waals surface area contributed by atoms with Crippen LogP contribution >= 0.6 is 0 Å². The number of carbonyl (C=O) groups is 1. The second-order valence-electron chi connectivity index (χ2n) is 7.67. The lowest BCUT2D eigenvalue weighted by molar-refractivity contribution is -0.0512. The van der Waals surface area contributed by atoms with Gasteiger partial charge in [-0.1, -0.05) is 24.3 Å². The van der Waals surface area contributed by atoms with E-state index >= 15 is 0 Å². The van der Waals surface area contributed by atoms with E-state index in [2.05, 4.69) is 20.3 Å². The van der Waals surface area contributed by atoms with Crippen molar-refractivity contribution >= 4 is 5.91 Å². The van der Waals surface area contributed by atoms with Crippen molar-refractivity contribution < 1.29 is 27.5 Å². The van der Waals surface area contributed by atoms with Gasteiger partial charge in [-0.25, -0.2) is 0 Å². The van der Waals surface area contributed by atoms with Crippen LogP contribution in [0.5, 0.6) is 11.5 Å². The zero-order valence-electron chi connectivity index (χ0n) is 19.1. The summed E-state index contributed by atoms with van der Waals surface area (Å²) in [6.07, 6.45) is 0.428. The van der Waals surface area contributed by atoms with E-state index in [-0.39, 0.29) is 17.4 Å². The van der Waals surface area contributed by atoms with Gasteiger partial charge < -0.3 is 19.2 Å². The lowest BCUT2D eigenvalue weighted by Crippen LogP contribution is -2.25. The molecule has 0 atom stereocenters. The lowest BCUT2D eigenvalue weighted by atomic mass is 10.1. The quantitative estimate of drug-likeness (QED) is 0.351. The van der Waals surface area contributed by atoms with Crippen molar-refractivity contribution in [1.29, 1.82) is 0 Å². The molecule has 4 aromatic rings.